The summed E-state index contributed by atoms with van der Waals surface area (Å²) in [5.74, 6) is -0.645. The number of amides is 1. The highest BCUT2D eigenvalue weighted by Crippen LogP contribution is 2.20. The fourth-order valence-corrected chi connectivity index (χ4v) is 2.45. The second kappa shape index (κ2) is 8.87. The maximum atomic E-state index is 12.0. The maximum Gasteiger partial charge on any atom is 0.326 e. The van der Waals surface area contributed by atoms with Crippen LogP contribution in [0.5, 0.6) is 5.75 Å². The van der Waals surface area contributed by atoms with Gasteiger partial charge in [0, 0.05) is 6.42 Å². The number of carboxylic acid groups (broad SMARTS) is 1. The number of nitrogens with one attached hydrogen (secondary N) is 1. The maximum absolute atomic E-state index is 12.0. The summed E-state index contributed by atoms with van der Waals surface area (Å²) < 4.78 is 5.64. The van der Waals surface area contributed by atoms with Gasteiger partial charge in [-0.25, -0.2) is 4.79 Å². The largest absolute Gasteiger partial charge is 0.493 e. The molecule has 5 heteroatoms. The summed E-state index contributed by atoms with van der Waals surface area (Å²) in [5, 5.41) is 11.9. The van der Waals surface area contributed by atoms with E-state index in [-0.39, 0.29) is 25.4 Å². The Morgan fingerprint density at radius 1 is 1.08 bits per heavy atom. The van der Waals surface area contributed by atoms with Crippen molar-refractivity contribution in [3.8, 4) is 5.75 Å². The Labute approximate surface area is 147 Å². The van der Waals surface area contributed by atoms with E-state index >= 15 is 0 Å². The van der Waals surface area contributed by atoms with Crippen molar-refractivity contribution in [1.82, 2.24) is 5.32 Å². The van der Waals surface area contributed by atoms with E-state index in [9.17, 15) is 14.7 Å². The molecule has 2 N–H and O–H groups in total. The lowest BCUT2D eigenvalue weighted by atomic mass is 10.1. The number of carbonyl (C=O) groups excluding carboxylic acids is 1. The number of hydrogen-bond donors (Lipinski definition) is 2. The molecule has 0 fully saturated rings. The summed E-state index contributed by atoms with van der Waals surface area (Å²) in [6.07, 6.45) is 0.353. The molecule has 1 atom stereocenters. The van der Waals surface area contributed by atoms with Gasteiger partial charge in [-0.05, 0) is 36.6 Å². The summed E-state index contributed by atoms with van der Waals surface area (Å²) in [6, 6.07) is 14.0. The number of carboxylic acids is 1. The van der Waals surface area contributed by atoms with Gasteiger partial charge < -0.3 is 15.2 Å². The van der Waals surface area contributed by atoms with Crippen molar-refractivity contribution in [2.24, 2.45) is 0 Å². The molecular weight excluding hydrogens is 318 g/mol. The number of rotatable bonds is 8. The summed E-state index contributed by atoms with van der Waals surface area (Å²) in [5.41, 5.74) is 3.02. The molecule has 0 spiro atoms. The van der Waals surface area contributed by atoms with Crippen LogP contribution in [0.2, 0.25) is 0 Å². The number of hydrogen-bond acceptors (Lipinski definition) is 3. The Morgan fingerprint density at radius 2 is 1.80 bits per heavy atom. The molecule has 2 aromatic rings. The highest BCUT2D eigenvalue weighted by Gasteiger charge is 2.20. The van der Waals surface area contributed by atoms with Crippen LogP contribution in [-0.2, 0) is 16.0 Å². The monoisotopic (exact) mass is 341 g/mol. The lowest BCUT2D eigenvalue weighted by molar-refractivity contribution is -0.141. The molecule has 0 bridgehead atoms. The normalized spacial score (nSPS) is 11.6. The molecule has 1 amide bonds. The van der Waals surface area contributed by atoms with Crippen LogP contribution in [0.25, 0.3) is 0 Å². The molecule has 5 nitrogen and oxygen atoms in total. The third-order valence-corrected chi connectivity index (χ3v) is 4.06. The van der Waals surface area contributed by atoms with E-state index in [1.807, 2.05) is 62.4 Å². The van der Waals surface area contributed by atoms with Crippen LogP contribution in [0.4, 0.5) is 0 Å². The van der Waals surface area contributed by atoms with Gasteiger partial charge in [-0.3, -0.25) is 4.79 Å². The van der Waals surface area contributed by atoms with Gasteiger partial charge >= 0.3 is 5.97 Å². The third-order valence-electron chi connectivity index (χ3n) is 4.06. The lowest BCUT2D eigenvalue weighted by Crippen LogP contribution is -2.42. The van der Waals surface area contributed by atoms with Crippen LogP contribution in [0.3, 0.4) is 0 Å². The Balaban J connectivity index is 1.85. The predicted octanol–water partition coefficient (Wildman–Crippen LogP) is 2.88. The van der Waals surface area contributed by atoms with E-state index in [0.29, 0.717) is 0 Å². The number of ether oxygens (including phenoxy) is 1. The van der Waals surface area contributed by atoms with Gasteiger partial charge in [0.1, 0.15) is 11.8 Å². The minimum Gasteiger partial charge on any atom is -0.493 e. The lowest BCUT2D eigenvalue weighted by Gasteiger charge is -2.15. The number of benzene rings is 2. The highest BCUT2D eigenvalue weighted by atomic mass is 16.5. The van der Waals surface area contributed by atoms with E-state index in [4.69, 9.17) is 4.74 Å². The summed E-state index contributed by atoms with van der Waals surface area (Å²) in [4.78, 5) is 23.4. The standard InChI is InChI=1S/C20H23NO4/c1-14-7-6-10-18(15(14)2)25-12-11-19(22)21-17(20(23)24)13-16-8-4-3-5-9-16/h3-10,17H,11-13H2,1-2H3,(H,21,22)(H,23,24)/t17-/m0/s1. The fourth-order valence-electron chi connectivity index (χ4n) is 2.45. The van der Waals surface area contributed by atoms with Crippen LogP contribution in [0, 0.1) is 13.8 Å². The van der Waals surface area contributed by atoms with Crippen molar-refractivity contribution in [2.75, 3.05) is 6.61 Å². The Kier molecular flexibility index (Phi) is 6.57. The molecule has 0 aromatic heterocycles. The van der Waals surface area contributed by atoms with Crippen molar-refractivity contribution in [3.05, 3.63) is 65.2 Å². The summed E-state index contributed by atoms with van der Waals surface area (Å²) in [7, 11) is 0. The van der Waals surface area contributed by atoms with Gasteiger partial charge in [-0.1, -0.05) is 42.5 Å². The van der Waals surface area contributed by atoms with Gasteiger partial charge in [0.15, 0.2) is 0 Å². The predicted molar refractivity (Wildman–Crippen MR) is 95.7 cm³/mol. The van der Waals surface area contributed by atoms with Crippen LogP contribution in [0.1, 0.15) is 23.1 Å². The molecule has 132 valence electrons. The number of aliphatic carboxylic acids is 1. The first-order chi connectivity index (χ1) is 12.0. The molecule has 0 saturated heterocycles. The first kappa shape index (κ1) is 18.5. The molecule has 0 heterocycles. The number of carbonyl (C=O) groups is 2. The van der Waals surface area contributed by atoms with Crippen LogP contribution in [0.15, 0.2) is 48.5 Å². The van der Waals surface area contributed by atoms with E-state index in [1.54, 1.807) is 0 Å². The van der Waals surface area contributed by atoms with Crippen LogP contribution < -0.4 is 10.1 Å². The second-order valence-corrected chi connectivity index (χ2v) is 5.94. The molecular formula is C20H23NO4. The van der Waals surface area contributed by atoms with Gasteiger partial charge in [0.2, 0.25) is 5.91 Å². The fraction of sp³-hybridized carbons (Fsp3) is 0.300. The molecule has 25 heavy (non-hydrogen) atoms. The first-order valence-electron chi connectivity index (χ1n) is 8.22. The van der Waals surface area contributed by atoms with Gasteiger partial charge in [0.25, 0.3) is 0 Å². The van der Waals surface area contributed by atoms with Crippen molar-refractivity contribution in [2.45, 2.75) is 32.7 Å². The van der Waals surface area contributed by atoms with E-state index < -0.39 is 12.0 Å². The average Bonchev–Trinajstić information content (AvgIpc) is 2.59. The van der Waals surface area contributed by atoms with Crippen molar-refractivity contribution >= 4 is 11.9 Å². The van der Waals surface area contributed by atoms with Crippen molar-refractivity contribution in [3.63, 3.8) is 0 Å². The molecule has 2 aromatic carbocycles. The van der Waals surface area contributed by atoms with Gasteiger partial charge in [0.05, 0.1) is 13.0 Å². The third kappa shape index (κ3) is 5.64. The summed E-state index contributed by atoms with van der Waals surface area (Å²) >= 11 is 0. The van der Waals surface area contributed by atoms with Crippen molar-refractivity contribution in [1.29, 1.82) is 0 Å². The average molecular weight is 341 g/mol. The van der Waals surface area contributed by atoms with Gasteiger partial charge in [-0.2, -0.15) is 0 Å². The Hall–Kier alpha value is -2.82. The first-order valence-corrected chi connectivity index (χ1v) is 8.22. The zero-order valence-electron chi connectivity index (χ0n) is 14.5. The zero-order valence-corrected chi connectivity index (χ0v) is 14.5. The summed E-state index contributed by atoms with van der Waals surface area (Å²) in [6.45, 7) is 4.16. The van der Waals surface area contributed by atoms with Crippen molar-refractivity contribution < 1.29 is 19.4 Å². The number of aryl methyl sites for hydroxylation is 1. The Morgan fingerprint density at radius 3 is 2.48 bits per heavy atom. The highest BCUT2D eigenvalue weighted by molar-refractivity contribution is 5.83. The van der Waals surface area contributed by atoms with Crippen LogP contribution >= 0.6 is 0 Å². The van der Waals surface area contributed by atoms with E-state index in [2.05, 4.69) is 5.32 Å². The minimum atomic E-state index is -1.05. The second-order valence-electron chi connectivity index (χ2n) is 5.94. The van der Waals surface area contributed by atoms with Crippen LogP contribution in [-0.4, -0.2) is 29.6 Å². The smallest absolute Gasteiger partial charge is 0.326 e. The molecule has 0 radical (unpaired) electrons. The molecule has 0 aliphatic heterocycles. The molecule has 0 aliphatic rings. The molecule has 2 rings (SSSR count). The molecule has 0 aliphatic carbocycles. The van der Waals surface area contributed by atoms with E-state index in [0.717, 1.165) is 22.4 Å². The van der Waals surface area contributed by atoms with Gasteiger partial charge in [-0.15, -0.1) is 0 Å². The van der Waals surface area contributed by atoms with E-state index in [1.165, 1.54) is 0 Å². The quantitative estimate of drug-likeness (QED) is 0.774. The SMILES string of the molecule is Cc1cccc(OCCC(=O)N[C@@H](Cc2ccccc2)C(=O)O)c1C. The molecule has 0 saturated carbocycles. The zero-order chi connectivity index (χ0) is 18.2. The topological polar surface area (TPSA) is 75.6 Å². The Bertz CT molecular complexity index is 728. The minimum absolute atomic E-state index is 0.103. The molecule has 0 unspecified atom stereocenters.